The minimum atomic E-state index is -4.34. The van der Waals surface area contributed by atoms with Gasteiger partial charge in [-0.3, -0.25) is 0 Å². The van der Waals surface area contributed by atoms with Crippen molar-refractivity contribution in [2.75, 3.05) is 18.5 Å². The van der Waals surface area contributed by atoms with Crippen molar-refractivity contribution in [3.63, 3.8) is 0 Å². The van der Waals surface area contributed by atoms with Gasteiger partial charge in [0.05, 0.1) is 6.20 Å². The number of pyridine rings is 1. The smallest absolute Gasteiger partial charge is 0.350 e. The van der Waals surface area contributed by atoms with Gasteiger partial charge in [0.25, 0.3) is 0 Å². The molecule has 2 N–H and O–H groups in total. The average Bonchev–Trinajstić information content (AvgIpc) is 2.14. The van der Waals surface area contributed by atoms with Crippen molar-refractivity contribution in [1.29, 1.82) is 0 Å². The maximum atomic E-state index is 12.8. The van der Waals surface area contributed by atoms with E-state index in [1.54, 1.807) is 0 Å². The number of aromatic nitrogens is 1. The molecule has 0 aromatic carbocycles. The van der Waals surface area contributed by atoms with Crippen LogP contribution in [0.1, 0.15) is 5.56 Å². The SMILES string of the molecule is CN(CC(F)(F)F)c1ncc(F)cc1CN. The van der Waals surface area contributed by atoms with Gasteiger partial charge in [-0.05, 0) is 6.07 Å². The Kier molecular flexibility index (Phi) is 3.69. The third-order valence-corrected chi connectivity index (χ3v) is 1.91. The minimum absolute atomic E-state index is 0.0428. The summed E-state index contributed by atoms with van der Waals surface area (Å²) in [6.07, 6.45) is -3.47. The number of nitrogens with zero attached hydrogens (tertiary/aromatic N) is 2. The van der Waals surface area contributed by atoms with Crippen LogP contribution in [0.25, 0.3) is 0 Å². The van der Waals surface area contributed by atoms with Gasteiger partial charge in [0.2, 0.25) is 0 Å². The van der Waals surface area contributed by atoms with Crippen molar-refractivity contribution in [2.45, 2.75) is 12.7 Å². The fourth-order valence-electron chi connectivity index (χ4n) is 1.31. The van der Waals surface area contributed by atoms with Crippen LogP contribution < -0.4 is 10.6 Å². The second-order valence-corrected chi connectivity index (χ2v) is 3.31. The molecule has 7 heteroatoms. The zero-order valence-electron chi connectivity index (χ0n) is 8.55. The molecule has 0 saturated carbocycles. The van der Waals surface area contributed by atoms with Crippen LogP contribution in [0.4, 0.5) is 23.4 Å². The van der Waals surface area contributed by atoms with Crippen LogP contribution in [-0.2, 0) is 6.54 Å². The molecule has 1 aromatic heterocycles. The number of rotatable bonds is 3. The Hall–Kier alpha value is -1.37. The summed E-state index contributed by atoms with van der Waals surface area (Å²) in [6.45, 7) is -1.22. The normalized spacial score (nSPS) is 11.6. The summed E-state index contributed by atoms with van der Waals surface area (Å²) in [5.74, 6) is -0.578. The Labute approximate surface area is 89.9 Å². The predicted molar refractivity (Wildman–Crippen MR) is 51.4 cm³/mol. The summed E-state index contributed by atoms with van der Waals surface area (Å²) in [6, 6.07) is 1.08. The molecule has 3 nitrogen and oxygen atoms in total. The Bertz CT molecular complexity index is 364. The van der Waals surface area contributed by atoms with Crippen molar-refractivity contribution < 1.29 is 17.6 Å². The first-order chi connectivity index (χ1) is 7.33. The molecule has 16 heavy (non-hydrogen) atoms. The number of hydrogen-bond acceptors (Lipinski definition) is 3. The van der Waals surface area contributed by atoms with Gasteiger partial charge in [-0.2, -0.15) is 13.2 Å². The molecule has 0 aliphatic carbocycles. The molecule has 90 valence electrons. The molecule has 1 aromatic rings. The van der Waals surface area contributed by atoms with Gasteiger partial charge in [-0.25, -0.2) is 9.37 Å². The summed E-state index contributed by atoms with van der Waals surface area (Å²) in [5.41, 5.74) is 5.55. The number of hydrogen-bond donors (Lipinski definition) is 1. The lowest BCUT2D eigenvalue weighted by molar-refractivity contribution is -0.119. The zero-order chi connectivity index (χ0) is 12.3. The predicted octanol–water partition coefficient (Wildman–Crippen LogP) is 1.68. The van der Waals surface area contributed by atoms with Gasteiger partial charge in [-0.1, -0.05) is 0 Å². The lowest BCUT2D eigenvalue weighted by Crippen LogP contribution is -2.32. The second-order valence-electron chi connectivity index (χ2n) is 3.31. The molecule has 0 bridgehead atoms. The maximum absolute atomic E-state index is 12.8. The molecular weight excluding hydrogens is 226 g/mol. The molecular formula is C9H11F4N3. The Morgan fingerprint density at radius 1 is 1.44 bits per heavy atom. The quantitative estimate of drug-likeness (QED) is 0.813. The van der Waals surface area contributed by atoms with E-state index in [4.69, 9.17) is 5.73 Å². The van der Waals surface area contributed by atoms with Crippen molar-refractivity contribution in [3.05, 3.63) is 23.6 Å². The maximum Gasteiger partial charge on any atom is 0.405 e. The lowest BCUT2D eigenvalue weighted by atomic mass is 10.2. The number of nitrogens with two attached hydrogens (primary N) is 1. The Morgan fingerprint density at radius 2 is 2.06 bits per heavy atom. The number of halogens is 4. The van der Waals surface area contributed by atoms with Crippen molar-refractivity contribution in [1.82, 2.24) is 4.98 Å². The van der Waals surface area contributed by atoms with E-state index in [0.717, 1.165) is 17.2 Å². The Morgan fingerprint density at radius 3 is 2.56 bits per heavy atom. The van der Waals surface area contributed by atoms with Crippen molar-refractivity contribution in [2.24, 2.45) is 5.73 Å². The first-order valence-corrected chi connectivity index (χ1v) is 4.46. The van der Waals surface area contributed by atoms with E-state index >= 15 is 0 Å². The van der Waals surface area contributed by atoms with Crippen molar-refractivity contribution >= 4 is 5.82 Å². The second kappa shape index (κ2) is 4.65. The van der Waals surface area contributed by atoms with E-state index in [1.807, 2.05) is 0 Å². The molecule has 0 radical (unpaired) electrons. The van der Waals surface area contributed by atoms with Crippen LogP contribution in [0.2, 0.25) is 0 Å². The monoisotopic (exact) mass is 237 g/mol. The minimum Gasteiger partial charge on any atom is -0.350 e. The highest BCUT2D eigenvalue weighted by Gasteiger charge is 2.30. The van der Waals surface area contributed by atoms with E-state index in [0.29, 0.717) is 0 Å². The zero-order valence-corrected chi connectivity index (χ0v) is 8.55. The van der Waals surface area contributed by atoms with E-state index in [1.165, 1.54) is 7.05 Å². The van der Waals surface area contributed by atoms with Crippen LogP contribution in [-0.4, -0.2) is 24.8 Å². The fraction of sp³-hybridized carbons (Fsp3) is 0.444. The molecule has 0 amide bonds. The lowest BCUT2D eigenvalue weighted by Gasteiger charge is -2.21. The van der Waals surface area contributed by atoms with Gasteiger partial charge < -0.3 is 10.6 Å². The van der Waals surface area contributed by atoms with Gasteiger partial charge >= 0.3 is 6.18 Å². The van der Waals surface area contributed by atoms with Crippen LogP contribution >= 0.6 is 0 Å². The van der Waals surface area contributed by atoms with Gasteiger partial charge in [0.1, 0.15) is 18.2 Å². The van der Waals surface area contributed by atoms with E-state index in [9.17, 15) is 17.6 Å². The van der Waals surface area contributed by atoms with Crippen LogP contribution in [0.5, 0.6) is 0 Å². The number of alkyl halides is 3. The van der Waals surface area contributed by atoms with Crippen LogP contribution in [0, 0.1) is 5.82 Å². The van der Waals surface area contributed by atoms with Crippen LogP contribution in [0.15, 0.2) is 12.3 Å². The summed E-state index contributed by atoms with van der Waals surface area (Å²) >= 11 is 0. The molecule has 1 rings (SSSR count). The fourth-order valence-corrected chi connectivity index (χ4v) is 1.31. The standard InChI is InChI=1S/C9H11F4N3/c1-16(5-9(11,12)13)8-6(3-14)2-7(10)4-15-8/h2,4H,3,5,14H2,1H3. The van der Waals surface area contributed by atoms with Crippen molar-refractivity contribution in [3.8, 4) is 0 Å². The summed E-state index contributed by atoms with van der Waals surface area (Å²) < 4.78 is 49.2. The van der Waals surface area contributed by atoms with Gasteiger partial charge in [-0.15, -0.1) is 0 Å². The third kappa shape index (κ3) is 3.34. The van der Waals surface area contributed by atoms with Crippen LogP contribution in [0.3, 0.4) is 0 Å². The first kappa shape index (κ1) is 12.7. The first-order valence-electron chi connectivity index (χ1n) is 4.46. The third-order valence-electron chi connectivity index (χ3n) is 1.91. The van der Waals surface area contributed by atoms with E-state index in [-0.39, 0.29) is 17.9 Å². The molecule has 1 heterocycles. The number of anilines is 1. The van der Waals surface area contributed by atoms with Gasteiger partial charge in [0.15, 0.2) is 0 Å². The highest BCUT2D eigenvalue weighted by atomic mass is 19.4. The highest BCUT2D eigenvalue weighted by molar-refractivity contribution is 5.46. The molecule has 0 unspecified atom stereocenters. The Balaban J connectivity index is 2.94. The molecule has 0 aliphatic heterocycles. The van der Waals surface area contributed by atoms with E-state index < -0.39 is 18.5 Å². The molecule has 0 spiro atoms. The summed E-state index contributed by atoms with van der Waals surface area (Å²) in [5, 5.41) is 0. The summed E-state index contributed by atoms with van der Waals surface area (Å²) in [4.78, 5) is 4.49. The molecule has 0 saturated heterocycles. The van der Waals surface area contributed by atoms with E-state index in [2.05, 4.69) is 4.98 Å². The topological polar surface area (TPSA) is 42.2 Å². The highest BCUT2D eigenvalue weighted by Crippen LogP contribution is 2.22. The molecule has 0 atom stereocenters. The largest absolute Gasteiger partial charge is 0.405 e. The summed E-state index contributed by atoms with van der Waals surface area (Å²) in [7, 11) is 1.23. The molecule has 0 fully saturated rings. The van der Waals surface area contributed by atoms with Gasteiger partial charge in [0, 0.05) is 19.2 Å². The molecule has 0 aliphatic rings. The average molecular weight is 237 g/mol.